The number of hydrogen-bond acceptors (Lipinski definition) is 3. The number of aromatic nitrogens is 2. The standard InChI is InChI=1S/C12H20ClN3/c1-4-10(5-2)9-16(6-3)11-7-8-14-12(13)15-11/h7-8,10H,4-6,9H2,1-3H3. The fraction of sp³-hybridized carbons (Fsp3) is 0.667. The summed E-state index contributed by atoms with van der Waals surface area (Å²) < 4.78 is 0. The predicted molar refractivity (Wildman–Crippen MR) is 69.0 cm³/mol. The van der Waals surface area contributed by atoms with Gasteiger partial charge in [-0.15, -0.1) is 0 Å². The number of halogens is 1. The summed E-state index contributed by atoms with van der Waals surface area (Å²) in [5.74, 6) is 1.64. The van der Waals surface area contributed by atoms with Crippen molar-refractivity contribution >= 4 is 17.4 Å². The van der Waals surface area contributed by atoms with Crippen molar-refractivity contribution in [3.63, 3.8) is 0 Å². The Kier molecular flexibility index (Phi) is 5.53. The molecule has 0 aliphatic carbocycles. The van der Waals surface area contributed by atoms with E-state index < -0.39 is 0 Å². The van der Waals surface area contributed by atoms with E-state index in [1.807, 2.05) is 6.07 Å². The van der Waals surface area contributed by atoms with Crippen LogP contribution in [0.15, 0.2) is 12.3 Å². The zero-order valence-electron chi connectivity index (χ0n) is 10.3. The van der Waals surface area contributed by atoms with Gasteiger partial charge < -0.3 is 4.90 Å². The van der Waals surface area contributed by atoms with Gasteiger partial charge in [-0.2, -0.15) is 0 Å². The lowest BCUT2D eigenvalue weighted by Gasteiger charge is -2.26. The van der Waals surface area contributed by atoms with E-state index >= 15 is 0 Å². The Morgan fingerprint density at radius 1 is 1.31 bits per heavy atom. The lowest BCUT2D eigenvalue weighted by atomic mass is 10.0. The van der Waals surface area contributed by atoms with E-state index in [1.165, 1.54) is 12.8 Å². The van der Waals surface area contributed by atoms with Crippen LogP contribution in [0.5, 0.6) is 0 Å². The van der Waals surface area contributed by atoms with E-state index in [9.17, 15) is 0 Å². The largest absolute Gasteiger partial charge is 0.356 e. The summed E-state index contributed by atoms with van der Waals surface area (Å²) in [6.45, 7) is 8.59. The number of nitrogens with zero attached hydrogens (tertiary/aromatic N) is 3. The summed E-state index contributed by atoms with van der Waals surface area (Å²) in [4.78, 5) is 10.4. The summed E-state index contributed by atoms with van der Waals surface area (Å²) >= 11 is 5.80. The minimum absolute atomic E-state index is 0.320. The first-order valence-electron chi connectivity index (χ1n) is 5.94. The van der Waals surface area contributed by atoms with E-state index in [0.29, 0.717) is 11.2 Å². The van der Waals surface area contributed by atoms with Crippen molar-refractivity contribution in [2.75, 3.05) is 18.0 Å². The molecule has 0 aliphatic rings. The maximum Gasteiger partial charge on any atom is 0.224 e. The second kappa shape index (κ2) is 6.69. The van der Waals surface area contributed by atoms with Crippen LogP contribution in [0.4, 0.5) is 5.82 Å². The summed E-state index contributed by atoms with van der Waals surface area (Å²) in [5, 5.41) is 0.320. The SMILES string of the molecule is CCC(CC)CN(CC)c1ccnc(Cl)n1. The Labute approximate surface area is 103 Å². The molecule has 0 atom stereocenters. The first-order chi connectivity index (χ1) is 7.71. The Hall–Kier alpha value is -0.830. The van der Waals surface area contributed by atoms with Crippen LogP contribution in [0.1, 0.15) is 33.6 Å². The summed E-state index contributed by atoms with van der Waals surface area (Å²) in [5.41, 5.74) is 0. The Morgan fingerprint density at radius 2 is 2.00 bits per heavy atom. The number of hydrogen-bond donors (Lipinski definition) is 0. The van der Waals surface area contributed by atoms with E-state index in [-0.39, 0.29) is 0 Å². The molecular formula is C12H20ClN3. The third-order valence-corrected chi connectivity index (χ3v) is 3.13. The fourth-order valence-electron chi connectivity index (χ4n) is 1.75. The third-order valence-electron chi connectivity index (χ3n) is 2.95. The molecule has 0 radical (unpaired) electrons. The lowest BCUT2D eigenvalue weighted by molar-refractivity contribution is 0.484. The fourth-order valence-corrected chi connectivity index (χ4v) is 1.89. The van der Waals surface area contributed by atoms with Crippen molar-refractivity contribution < 1.29 is 0 Å². The molecule has 0 saturated carbocycles. The molecule has 0 aromatic carbocycles. The van der Waals surface area contributed by atoms with E-state index in [0.717, 1.165) is 18.9 Å². The smallest absolute Gasteiger partial charge is 0.224 e. The van der Waals surface area contributed by atoms with Gasteiger partial charge in [-0.1, -0.05) is 26.7 Å². The average molecular weight is 242 g/mol. The zero-order chi connectivity index (χ0) is 12.0. The molecule has 1 rings (SSSR count). The van der Waals surface area contributed by atoms with Crippen molar-refractivity contribution in [1.82, 2.24) is 9.97 Å². The lowest BCUT2D eigenvalue weighted by Crippen LogP contribution is -2.29. The molecule has 0 aliphatic heterocycles. The summed E-state index contributed by atoms with van der Waals surface area (Å²) in [6, 6.07) is 1.91. The van der Waals surface area contributed by atoms with Gasteiger partial charge in [0.25, 0.3) is 0 Å². The monoisotopic (exact) mass is 241 g/mol. The molecule has 4 heteroatoms. The van der Waals surface area contributed by atoms with Crippen LogP contribution in [-0.4, -0.2) is 23.1 Å². The molecule has 1 aromatic rings. The van der Waals surface area contributed by atoms with E-state index in [1.54, 1.807) is 6.20 Å². The van der Waals surface area contributed by atoms with Gasteiger partial charge >= 0.3 is 0 Å². The van der Waals surface area contributed by atoms with Crippen LogP contribution in [-0.2, 0) is 0 Å². The van der Waals surface area contributed by atoms with Crippen molar-refractivity contribution in [1.29, 1.82) is 0 Å². The van der Waals surface area contributed by atoms with Crippen molar-refractivity contribution in [2.24, 2.45) is 5.92 Å². The summed E-state index contributed by atoms with van der Waals surface area (Å²) in [7, 11) is 0. The second-order valence-corrected chi connectivity index (χ2v) is 4.24. The van der Waals surface area contributed by atoms with E-state index in [4.69, 9.17) is 11.6 Å². The van der Waals surface area contributed by atoms with Crippen LogP contribution in [0.3, 0.4) is 0 Å². The van der Waals surface area contributed by atoms with Gasteiger partial charge in [-0.3, -0.25) is 0 Å². The van der Waals surface area contributed by atoms with Gasteiger partial charge in [0.2, 0.25) is 5.28 Å². The molecule has 0 spiro atoms. The highest BCUT2D eigenvalue weighted by Crippen LogP contribution is 2.16. The normalized spacial score (nSPS) is 10.8. The molecule has 0 fully saturated rings. The maximum absolute atomic E-state index is 5.80. The van der Waals surface area contributed by atoms with Gasteiger partial charge in [0, 0.05) is 19.3 Å². The van der Waals surface area contributed by atoms with Crippen molar-refractivity contribution in [3.05, 3.63) is 17.5 Å². The van der Waals surface area contributed by atoms with Crippen LogP contribution in [0, 0.1) is 5.92 Å². The molecular weight excluding hydrogens is 222 g/mol. The van der Waals surface area contributed by atoms with E-state index in [2.05, 4.69) is 35.6 Å². The first kappa shape index (κ1) is 13.2. The Morgan fingerprint density at radius 3 is 2.50 bits per heavy atom. The number of rotatable bonds is 6. The molecule has 3 nitrogen and oxygen atoms in total. The highest BCUT2D eigenvalue weighted by atomic mass is 35.5. The van der Waals surface area contributed by atoms with Gasteiger partial charge in [0.15, 0.2) is 0 Å². The topological polar surface area (TPSA) is 29.0 Å². The van der Waals surface area contributed by atoms with Gasteiger partial charge in [0.1, 0.15) is 5.82 Å². The van der Waals surface area contributed by atoms with Crippen LogP contribution in [0.25, 0.3) is 0 Å². The average Bonchev–Trinajstić information content (AvgIpc) is 2.31. The third kappa shape index (κ3) is 3.63. The maximum atomic E-state index is 5.80. The molecule has 1 aromatic heterocycles. The zero-order valence-corrected chi connectivity index (χ0v) is 11.0. The van der Waals surface area contributed by atoms with Crippen LogP contribution >= 0.6 is 11.6 Å². The molecule has 0 N–H and O–H groups in total. The van der Waals surface area contributed by atoms with Gasteiger partial charge in [0.05, 0.1) is 0 Å². The van der Waals surface area contributed by atoms with Crippen LogP contribution < -0.4 is 4.90 Å². The van der Waals surface area contributed by atoms with Gasteiger partial charge in [-0.25, -0.2) is 9.97 Å². The molecule has 0 bridgehead atoms. The predicted octanol–water partition coefficient (Wildman–Crippen LogP) is 3.39. The summed E-state index contributed by atoms with van der Waals surface area (Å²) in [6.07, 6.45) is 4.11. The second-order valence-electron chi connectivity index (χ2n) is 3.91. The van der Waals surface area contributed by atoms with Gasteiger partial charge in [-0.05, 0) is 30.5 Å². The Balaban J connectivity index is 2.74. The molecule has 0 saturated heterocycles. The molecule has 0 amide bonds. The molecule has 1 heterocycles. The highest BCUT2D eigenvalue weighted by Gasteiger charge is 2.11. The minimum atomic E-state index is 0.320. The molecule has 90 valence electrons. The number of anilines is 1. The highest BCUT2D eigenvalue weighted by molar-refractivity contribution is 6.28. The molecule has 16 heavy (non-hydrogen) atoms. The first-order valence-corrected chi connectivity index (χ1v) is 6.32. The Bertz CT molecular complexity index is 313. The molecule has 0 unspecified atom stereocenters. The van der Waals surface area contributed by atoms with Crippen LogP contribution in [0.2, 0.25) is 5.28 Å². The minimum Gasteiger partial charge on any atom is -0.356 e. The van der Waals surface area contributed by atoms with Crippen molar-refractivity contribution in [3.8, 4) is 0 Å². The van der Waals surface area contributed by atoms with Crippen molar-refractivity contribution in [2.45, 2.75) is 33.6 Å². The quantitative estimate of drug-likeness (QED) is 0.715.